The number of nitrogens with zero attached hydrogens (tertiary/aromatic N) is 2. The van der Waals surface area contributed by atoms with Gasteiger partial charge in [0.25, 0.3) is 0 Å². The molecule has 2 heterocycles. The van der Waals surface area contributed by atoms with E-state index in [-0.39, 0.29) is 22.8 Å². The number of likely N-dealkylation sites (tertiary alicyclic amines) is 2. The normalized spacial score (nSPS) is 28.2. The van der Waals surface area contributed by atoms with Gasteiger partial charge in [0.05, 0.1) is 0 Å². The zero-order valence-electron chi connectivity index (χ0n) is 18.1. The van der Waals surface area contributed by atoms with Gasteiger partial charge in [-0.3, -0.25) is 9.59 Å². The van der Waals surface area contributed by atoms with Crippen LogP contribution in [-0.4, -0.2) is 46.8 Å². The smallest absolute Gasteiger partial charge is 0.228 e. The van der Waals surface area contributed by atoms with E-state index >= 15 is 0 Å². The molecule has 2 aliphatic heterocycles. The van der Waals surface area contributed by atoms with Crippen molar-refractivity contribution in [3.63, 3.8) is 0 Å². The highest BCUT2D eigenvalue weighted by Crippen LogP contribution is 2.38. The molecule has 0 N–H and O–H groups in total. The minimum atomic E-state index is -0.363. The van der Waals surface area contributed by atoms with Crippen molar-refractivity contribution >= 4 is 11.8 Å². The van der Waals surface area contributed by atoms with Gasteiger partial charge in [0.2, 0.25) is 11.8 Å². The van der Waals surface area contributed by atoms with Gasteiger partial charge < -0.3 is 9.80 Å². The SMILES string of the molecule is C[C@@H]1CCCCN1C(=O)C(C)(C)CC1CCCN(C(=O)C(C)(C)C)[C@H]1C. The number of hydrogen-bond donors (Lipinski definition) is 0. The predicted molar refractivity (Wildman–Crippen MR) is 107 cm³/mol. The van der Waals surface area contributed by atoms with Gasteiger partial charge in [-0.1, -0.05) is 34.6 Å². The van der Waals surface area contributed by atoms with Crippen LogP contribution in [0.4, 0.5) is 0 Å². The highest BCUT2D eigenvalue weighted by molar-refractivity contribution is 5.83. The number of amides is 2. The summed E-state index contributed by atoms with van der Waals surface area (Å²) in [5.41, 5.74) is -0.705. The molecule has 2 saturated heterocycles. The zero-order chi connectivity index (χ0) is 19.7. The van der Waals surface area contributed by atoms with E-state index in [9.17, 15) is 9.59 Å². The Bertz CT molecular complexity index is 521. The lowest BCUT2D eigenvalue weighted by molar-refractivity contribution is -0.147. The molecule has 2 fully saturated rings. The number of carbonyl (C=O) groups is 2. The topological polar surface area (TPSA) is 40.6 Å². The summed E-state index contributed by atoms with van der Waals surface area (Å²) in [4.78, 5) is 30.2. The first-order valence-corrected chi connectivity index (χ1v) is 10.6. The van der Waals surface area contributed by atoms with Crippen molar-refractivity contribution in [3.05, 3.63) is 0 Å². The molecule has 0 radical (unpaired) electrons. The van der Waals surface area contributed by atoms with Crippen molar-refractivity contribution in [3.8, 4) is 0 Å². The van der Waals surface area contributed by atoms with Gasteiger partial charge in [0.1, 0.15) is 0 Å². The fraction of sp³-hybridized carbons (Fsp3) is 0.909. The van der Waals surface area contributed by atoms with E-state index in [1.807, 2.05) is 20.8 Å². The summed E-state index contributed by atoms with van der Waals surface area (Å²) >= 11 is 0. The quantitative estimate of drug-likeness (QED) is 0.741. The van der Waals surface area contributed by atoms with Crippen LogP contribution in [0.25, 0.3) is 0 Å². The Balaban J connectivity index is 2.07. The average Bonchev–Trinajstić information content (AvgIpc) is 2.55. The van der Waals surface area contributed by atoms with E-state index in [0.29, 0.717) is 17.9 Å². The summed E-state index contributed by atoms with van der Waals surface area (Å²) in [6, 6.07) is 0.569. The minimum Gasteiger partial charge on any atom is -0.340 e. The number of piperidine rings is 2. The maximum Gasteiger partial charge on any atom is 0.228 e. The van der Waals surface area contributed by atoms with Crippen molar-refractivity contribution in [2.75, 3.05) is 13.1 Å². The summed E-state index contributed by atoms with van der Waals surface area (Å²) in [6.07, 6.45) is 6.50. The van der Waals surface area contributed by atoms with Crippen molar-refractivity contribution < 1.29 is 9.59 Å². The van der Waals surface area contributed by atoms with Gasteiger partial charge in [0.15, 0.2) is 0 Å². The fourth-order valence-corrected chi connectivity index (χ4v) is 4.74. The first kappa shape index (κ1) is 21.2. The number of carbonyl (C=O) groups excluding carboxylic acids is 2. The molecule has 2 rings (SSSR count). The molecule has 3 atom stereocenters. The third-order valence-electron chi connectivity index (χ3n) is 6.47. The predicted octanol–water partition coefficient (Wildman–Crippen LogP) is 4.48. The van der Waals surface area contributed by atoms with Gasteiger partial charge in [-0.2, -0.15) is 0 Å². The third kappa shape index (κ3) is 4.61. The van der Waals surface area contributed by atoms with Crippen molar-refractivity contribution in [2.24, 2.45) is 16.7 Å². The number of hydrogen-bond acceptors (Lipinski definition) is 2. The minimum absolute atomic E-state index is 0.210. The molecule has 0 aliphatic carbocycles. The lowest BCUT2D eigenvalue weighted by atomic mass is 9.74. The Kier molecular flexibility index (Phi) is 6.45. The first-order valence-electron chi connectivity index (χ1n) is 10.6. The molecule has 1 unspecified atom stereocenters. The summed E-state index contributed by atoms with van der Waals surface area (Å²) in [5.74, 6) is 0.939. The molecular weight excluding hydrogens is 324 g/mol. The molecule has 150 valence electrons. The highest BCUT2D eigenvalue weighted by Gasteiger charge is 2.41. The molecule has 26 heavy (non-hydrogen) atoms. The summed E-state index contributed by atoms with van der Waals surface area (Å²) in [7, 11) is 0. The molecule has 0 aromatic carbocycles. The standard InChI is InChI=1S/C22H40N2O2/c1-16-11-8-9-13-23(16)20(26)22(6,7)15-18-12-10-14-24(17(18)2)19(25)21(3,4)5/h16-18H,8-15H2,1-7H3/t16-,17+,18?/m1/s1. The molecule has 4 nitrogen and oxygen atoms in total. The van der Waals surface area contributed by atoms with Gasteiger partial charge in [0, 0.05) is 36.0 Å². The molecule has 2 amide bonds. The monoisotopic (exact) mass is 364 g/mol. The molecular formula is C22H40N2O2. The first-order chi connectivity index (χ1) is 11.9. The van der Waals surface area contributed by atoms with Crippen LogP contribution in [0.15, 0.2) is 0 Å². The second kappa shape index (κ2) is 7.90. The molecule has 0 spiro atoms. The van der Waals surface area contributed by atoms with Gasteiger partial charge in [-0.15, -0.1) is 0 Å². The second-order valence-electron chi connectivity index (χ2n) is 10.3. The molecule has 0 bridgehead atoms. The van der Waals surface area contributed by atoms with Crippen molar-refractivity contribution in [1.29, 1.82) is 0 Å². The Morgan fingerprint density at radius 2 is 1.46 bits per heavy atom. The second-order valence-corrected chi connectivity index (χ2v) is 10.3. The van der Waals surface area contributed by atoms with Crippen LogP contribution in [0.1, 0.15) is 87.0 Å². The zero-order valence-corrected chi connectivity index (χ0v) is 18.1. The van der Waals surface area contributed by atoms with Crippen LogP contribution >= 0.6 is 0 Å². The van der Waals surface area contributed by atoms with E-state index in [0.717, 1.165) is 45.2 Å². The Labute approximate surface area is 160 Å². The highest BCUT2D eigenvalue weighted by atomic mass is 16.2. The lowest BCUT2D eigenvalue weighted by Gasteiger charge is -2.45. The van der Waals surface area contributed by atoms with E-state index in [4.69, 9.17) is 0 Å². The molecule has 0 aromatic rings. The summed E-state index contributed by atoms with van der Waals surface area (Å²) in [6.45, 7) is 16.3. The Hall–Kier alpha value is -1.06. The van der Waals surface area contributed by atoms with E-state index in [1.54, 1.807) is 0 Å². The summed E-state index contributed by atoms with van der Waals surface area (Å²) < 4.78 is 0. The van der Waals surface area contributed by atoms with Crippen LogP contribution in [0.5, 0.6) is 0 Å². The maximum absolute atomic E-state index is 13.2. The Morgan fingerprint density at radius 3 is 2.04 bits per heavy atom. The van der Waals surface area contributed by atoms with Gasteiger partial charge >= 0.3 is 0 Å². The fourth-order valence-electron chi connectivity index (χ4n) is 4.74. The molecule has 4 heteroatoms. The van der Waals surface area contributed by atoms with Gasteiger partial charge in [-0.05, 0) is 58.3 Å². The molecule has 2 aliphatic rings. The van der Waals surface area contributed by atoms with Crippen molar-refractivity contribution in [2.45, 2.75) is 99.1 Å². The van der Waals surface area contributed by atoms with Crippen molar-refractivity contribution in [1.82, 2.24) is 9.80 Å². The Morgan fingerprint density at radius 1 is 0.846 bits per heavy atom. The lowest BCUT2D eigenvalue weighted by Crippen LogP contribution is -2.53. The van der Waals surface area contributed by atoms with Gasteiger partial charge in [-0.25, -0.2) is 0 Å². The molecule has 0 saturated carbocycles. The average molecular weight is 365 g/mol. The maximum atomic E-state index is 13.2. The van der Waals surface area contributed by atoms with Crippen LogP contribution in [0, 0.1) is 16.7 Å². The third-order valence-corrected chi connectivity index (χ3v) is 6.47. The summed E-state index contributed by atoms with van der Waals surface area (Å²) in [5, 5.41) is 0. The van der Waals surface area contributed by atoms with Crippen LogP contribution in [0.3, 0.4) is 0 Å². The van der Waals surface area contributed by atoms with E-state index in [1.165, 1.54) is 6.42 Å². The van der Waals surface area contributed by atoms with E-state index < -0.39 is 0 Å². The van der Waals surface area contributed by atoms with Crippen LogP contribution < -0.4 is 0 Å². The van der Waals surface area contributed by atoms with Crippen LogP contribution in [0.2, 0.25) is 0 Å². The van der Waals surface area contributed by atoms with E-state index in [2.05, 4.69) is 37.5 Å². The number of rotatable bonds is 3. The largest absolute Gasteiger partial charge is 0.340 e. The molecule has 0 aromatic heterocycles. The van der Waals surface area contributed by atoms with Crippen LogP contribution in [-0.2, 0) is 9.59 Å².